The molecular weight excluding hydrogens is 236 g/mol. The summed E-state index contributed by atoms with van der Waals surface area (Å²) in [5.41, 5.74) is 2.61. The Balaban J connectivity index is 1.99. The molecule has 2 aromatic rings. The van der Waals surface area contributed by atoms with E-state index >= 15 is 0 Å². The van der Waals surface area contributed by atoms with Gasteiger partial charge in [-0.2, -0.15) is 5.10 Å². The van der Waals surface area contributed by atoms with Gasteiger partial charge in [0.05, 0.1) is 6.20 Å². The summed E-state index contributed by atoms with van der Waals surface area (Å²) >= 11 is 0. The predicted molar refractivity (Wildman–Crippen MR) is 76.9 cm³/mol. The summed E-state index contributed by atoms with van der Waals surface area (Å²) in [6.07, 6.45) is 10.9. The van der Waals surface area contributed by atoms with Crippen molar-refractivity contribution in [2.75, 3.05) is 6.54 Å². The van der Waals surface area contributed by atoms with Gasteiger partial charge in [0.1, 0.15) is 0 Å². The minimum atomic E-state index is 0.451. The molecule has 19 heavy (non-hydrogen) atoms. The average molecular weight is 258 g/mol. The SMILES string of the molecule is CCCNC(Cc1ccncc1)Cc1cnn(C)c1. The van der Waals surface area contributed by atoms with Crippen LogP contribution in [-0.4, -0.2) is 27.4 Å². The molecule has 1 unspecified atom stereocenters. The van der Waals surface area contributed by atoms with Gasteiger partial charge < -0.3 is 5.32 Å². The van der Waals surface area contributed by atoms with E-state index in [0.29, 0.717) is 6.04 Å². The third kappa shape index (κ3) is 4.48. The minimum Gasteiger partial charge on any atom is -0.313 e. The summed E-state index contributed by atoms with van der Waals surface area (Å²) in [5.74, 6) is 0. The quantitative estimate of drug-likeness (QED) is 0.825. The van der Waals surface area contributed by atoms with E-state index < -0.39 is 0 Å². The topological polar surface area (TPSA) is 42.7 Å². The number of nitrogens with one attached hydrogen (secondary N) is 1. The molecule has 0 saturated carbocycles. The summed E-state index contributed by atoms with van der Waals surface area (Å²) in [4.78, 5) is 4.07. The zero-order chi connectivity index (χ0) is 13.5. The Hall–Kier alpha value is -1.68. The van der Waals surface area contributed by atoms with E-state index in [4.69, 9.17) is 0 Å². The summed E-state index contributed by atoms with van der Waals surface area (Å²) in [5, 5.41) is 7.85. The Kier molecular flexibility index (Phi) is 5.10. The first-order valence-electron chi connectivity index (χ1n) is 6.87. The largest absolute Gasteiger partial charge is 0.313 e. The number of rotatable bonds is 7. The first-order chi connectivity index (χ1) is 9.28. The Morgan fingerprint density at radius 1 is 1.21 bits per heavy atom. The fourth-order valence-electron chi connectivity index (χ4n) is 2.23. The van der Waals surface area contributed by atoms with Crippen molar-refractivity contribution in [3.05, 3.63) is 48.0 Å². The molecule has 0 aliphatic carbocycles. The lowest BCUT2D eigenvalue weighted by Gasteiger charge is -2.17. The van der Waals surface area contributed by atoms with Crippen LogP contribution in [0.4, 0.5) is 0 Å². The fraction of sp³-hybridized carbons (Fsp3) is 0.467. The lowest BCUT2D eigenvalue weighted by molar-refractivity contribution is 0.504. The Morgan fingerprint density at radius 3 is 2.58 bits per heavy atom. The highest BCUT2D eigenvalue weighted by molar-refractivity contribution is 5.14. The molecular formula is C15H22N4. The van der Waals surface area contributed by atoms with Gasteiger partial charge in [-0.3, -0.25) is 9.67 Å². The van der Waals surface area contributed by atoms with Gasteiger partial charge in [0.15, 0.2) is 0 Å². The van der Waals surface area contributed by atoms with Crippen molar-refractivity contribution >= 4 is 0 Å². The second-order valence-corrected chi connectivity index (χ2v) is 4.94. The molecule has 0 fully saturated rings. The zero-order valence-electron chi connectivity index (χ0n) is 11.7. The van der Waals surface area contributed by atoms with Crippen molar-refractivity contribution in [1.29, 1.82) is 0 Å². The number of pyridine rings is 1. The van der Waals surface area contributed by atoms with Gasteiger partial charge in [0, 0.05) is 31.7 Å². The zero-order valence-corrected chi connectivity index (χ0v) is 11.7. The van der Waals surface area contributed by atoms with Crippen LogP contribution in [0.3, 0.4) is 0 Å². The van der Waals surface area contributed by atoms with E-state index in [0.717, 1.165) is 25.8 Å². The molecule has 102 valence electrons. The van der Waals surface area contributed by atoms with Crippen LogP contribution in [0.5, 0.6) is 0 Å². The van der Waals surface area contributed by atoms with Gasteiger partial charge in [0.2, 0.25) is 0 Å². The van der Waals surface area contributed by atoms with Crippen molar-refractivity contribution < 1.29 is 0 Å². The molecule has 1 atom stereocenters. The molecule has 0 radical (unpaired) electrons. The van der Waals surface area contributed by atoms with Crippen LogP contribution >= 0.6 is 0 Å². The van der Waals surface area contributed by atoms with E-state index in [1.165, 1.54) is 11.1 Å². The Morgan fingerprint density at radius 2 is 1.95 bits per heavy atom. The van der Waals surface area contributed by atoms with Crippen LogP contribution in [0, 0.1) is 0 Å². The number of aromatic nitrogens is 3. The van der Waals surface area contributed by atoms with E-state index in [1.54, 1.807) is 0 Å². The number of aryl methyl sites for hydroxylation is 1. The Labute approximate surface area is 114 Å². The lowest BCUT2D eigenvalue weighted by atomic mass is 10.0. The summed E-state index contributed by atoms with van der Waals surface area (Å²) in [6, 6.07) is 4.62. The van der Waals surface area contributed by atoms with Crippen LogP contribution < -0.4 is 5.32 Å². The van der Waals surface area contributed by atoms with Crippen molar-refractivity contribution in [1.82, 2.24) is 20.1 Å². The first kappa shape index (κ1) is 13.7. The summed E-state index contributed by atoms with van der Waals surface area (Å²) < 4.78 is 1.86. The third-order valence-electron chi connectivity index (χ3n) is 3.15. The van der Waals surface area contributed by atoms with E-state index in [9.17, 15) is 0 Å². The molecule has 0 saturated heterocycles. The molecule has 4 heteroatoms. The average Bonchev–Trinajstić information content (AvgIpc) is 2.82. The smallest absolute Gasteiger partial charge is 0.0522 e. The molecule has 0 aromatic carbocycles. The maximum Gasteiger partial charge on any atom is 0.0522 e. The van der Waals surface area contributed by atoms with Gasteiger partial charge in [-0.25, -0.2) is 0 Å². The second kappa shape index (κ2) is 7.04. The number of hydrogen-bond acceptors (Lipinski definition) is 3. The lowest BCUT2D eigenvalue weighted by Crippen LogP contribution is -2.33. The van der Waals surface area contributed by atoms with Gasteiger partial charge in [-0.15, -0.1) is 0 Å². The van der Waals surface area contributed by atoms with Gasteiger partial charge >= 0.3 is 0 Å². The third-order valence-corrected chi connectivity index (χ3v) is 3.15. The van der Waals surface area contributed by atoms with Crippen molar-refractivity contribution in [3.63, 3.8) is 0 Å². The van der Waals surface area contributed by atoms with Crippen LogP contribution in [0.1, 0.15) is 24.5 Å². The maximum atomic E-state index is 4.24. The monoisotopic (exact) mass is 258 g/mol. The van der Waals surface area contributed by atoms with Crippen LogP contribution in [0.15, 0.2) is 36.9 Å². The highest BCUT2D eigenvalue weighted by Crippen LogP contribution is 2.08. The minimum absolute atomic E-state index is 0.451. The highest BCUT2D eigenvalue weighted by atomic mass is 15.2. The molecule has 2 aromatic heterocycles. The molecule has 0 aliphatic heterocycles. The molecule has 1 N–H and O–H groups in total. The molecule has 0 aliphatic rings. The van der Waals surface area contributed by atoms with Gasteiger partial charge in [-0.05, 0) is 49.1 Å². The van der Waals surface area contributed by atoms with Crippen LogP contribution in [0.2, 0.25) is 0 Å². The van der Waals surface area contributed by atoms with Crippen molar-refractivity contribution in [3.8, 4) is 0 Å². The maximum absolute atomic E-state index is 4.24. The summed E-state index contributed by atoms with van der Waals surface area (Å²) in [7, 11) is 1.96. The molecule has 2 heterocycles. The van der Waals surface area contributed by atoms with Crippen molar-refractivity contribution in [2.45, 2.75) is 32.2 Å². The molecule has 4 nitrogen and oxygen atoms in total. The standard InChI is InChI=1S/C15H22N4/c1-3-6-17-15(9-13-4-7-16-8-5-13)10-14-11-18-19(2)12-14/h4-5,7-8,11-12,15,17H,3,6,9-10H2,1-2H3. The van der Waals surface area contributed by atoms with Crippen LogP contribution in [0.25, 0.3) is 0 Å². The number of nitrogens with zero attached hydrogens (tertiary/aromatic N) is 3. The van der Waals surface area contributed by atoms with Gasteiger partial charge in [0.25, 0.3) is 0 Å². The first-order valence-corrected chi connectivity index (χ1v) is 6.87. The van der Waals surface area contributed by atoms with Gasteiger partial charge in [-0.1, -0.05) is 6.92 Å². The molecule has 2 rings (SSSR count). The molecule has 0 spiro atoms. The van der Waals surface area contributed by atoms with Crippen molar-refractivity contribution in [2.24, 2.45) is 7.05 Å². The Bertz CT molecular complexity index is 478. The number of hydrogen-bond donors (Lipinski definition) is 1. The normalized spacial score (nSPS) is 12.5. The van der Waals surface area contributed by atoms with E-state index in [-0.39, 0.29) is 0 Å². The molecule has 0 bridgehead atoms. The fourth-order valence-corrected chi connectivity index (χ4v) is 2.23. The van der Waals surface area contributed by atoms with E-state index in [2.05, 4.69) is 40.7 Å². The predicted octanol–water partition coefficient (Wildman–Crippen LogP) is 1.97. The van der Waals surface area contributed by atoms with E-state index in [1.807, 2.05) is 30.3 Å². The highest BCUT2D eigenvalue weighted by Gasteiger charge is 2.11. The summed E-state index contributed by atoms with van der Waals surface area (Å²) in [6.45, 7) is 3.25. The molecule has 0 amide bonds. The van der Waals surface area contributed by atoms with Crippen LogP contribution in [-0.2, 0) is 19.9 Å². The second-order valence-electron chi connectivity index (χ2n) is 4.94.